The summed E-state index contributed by atoms with van der Waals surface area (Å²) in [5.41, 5.74) is -1.29. The van der Waals surface area contributed by atoms with E-state index in [1.54, 1.807) is 0 Å². The van der Waals surface area contributed by atoms with Gasteiger partial charge in [-0.2, -0.15) is 0 Å². The third-order valence-electron chi connectivity index (χ3n) is 1.90. The summed E-state index contributed by atoms with van der Waals surface area (Å²) >= 11 is 0. The van der Waals surface area contributed by atoms with Gasteiger partial charge in [0.2, 0.25) is 5.82 Å². The van der Waals surface area contributed by atoms with E-state index in [1.807, 2.05) is 0 Å². The summed E-state index contributed by atoms with van der Waals surface area (Å²) in [6, 6.07) is 0. The van der Waals surface area contributed by atoms with E-state index in [0.717, 1.165) is 7.11 Å². The second-order valence-corrected chi connectivity index (χ2v) is 2.95. The Morgan fingerprint density at radius 3 is 1.69 bits per heavy atom. The highest BCUT2D eigenvalue weighted by molar-refractivity contribution is 5.26. The third-order valence-corrected chi connectivity index (χ3v) is 1.90. The van der Waals surface area contributed by atoms with Crippen molar-refractivity contribution in [2.24, 2.45) is 0 Å². The van der Waals surface area contributed by atoms with Gasteiger partial charge in [0.15, 0.2) is 23.3 Å². The Balaban J connectivity index is 3.39. The Morgan fingerprint density at radius 1 is 0.938 bits per heavy atom. The Kier molecular flexibility index (Phi) is 3.82. The Bertz CT molecular complexity index is 378. The van der Waals surface area contributed by atoms with E-state index in [-0.39, 0.29) is 0 Å². The molecular formula is C9H7F5O2. The predicted octanol–water partition coefficient (Wildman–Crippen LogP) is 2.06. The molecule has 16 heavy (non-hydrogen) atoms. The van der Waals surface area contributed by atoms with Crippen LogP contribution in [0.1, 0.15) is 11.7 Å². The molecule has 7 heteroatoms. The second-order valence-electron chi connectivity index (χ2n) is 2.95. The summed E-state index contributed by atoms with van der Waals surface area (Å²) in [6.45, 7) is -0.585. The lowest BCUT2D eigenvalue weighted by molar-refractivity contribution is 0.0582. The normalized spacial score (nSPS) is 12.9. The van der Waals surface area contributed by atoms with E-state index >= 15 is 0 Å². The van der Waals surface area contributed by atoms with E-state index in [2.05, 4.69) is 4.74 Å². The number of hydrogen-bond acceptors (Lipinski definition) is 2. The van der Waals surface area contributed by atoms with Gasteiger partial charge in [0, 0.05) is 7.11 Å². The van der Waals surface area contributed by atoms with Crippen molar-refractivity contribution in [3.8, 4) is 0 Å². The minimum absolute atomic E-state index is 0.585. The van der Waals surface area contributed by atoms with Crippen molar-refractivity contribution in [3.63, 3.8) is 0 Å². The molecule has 1 unspecified atom stereocenters. The van der Waals surface area contributed by atoms with Gasteiger partial charge in [-0.15, -0.1) is 0 Å². The number of methoxy groups -OCH3 is 1. The summed E-state index contributed by atoms with van der Waals surface area (Å²) < 4.78 is 68.4. The van der Waals surface area contributed by atoms with Crippen molar-refractivity contribution < 1.29 is 31.8 Å². The lowest BCUT2D eigenvalue weighted by Crippen LogP contribution is -2.14. The summed E-state index contributed by atoms with van der Waals surface area (Å²) in [6.07, 6.45) is -1.92. The van der Waals surface area contributed by atoms with Crippen LogP contribution in [0.2, 0.25) is 0 Å². The van der Waals surface area contributed by atoms with Gasteiger partial charge in [-0.05, 0) is 0 Å². The maximum Gasteiger partial charge on any atom is 0.200 e. The molecule has 2 nitrogen and oxygen atoms in total. The maximum atomic E-state index is 13.0. The van der Waals surface area contributed by atoms with Crippen molar-refractivity contribution in [2.45, 2.75) is 6.10 Å². The van der Waals surface area contributed by atoms with Crippen LogP contribution in [0.5, 0.6) is 0 Å². The lowest BCUT2D eigenvalue weighted by atomic mass is 10.1. The molecular weight excluding hydrogens is 235 g/mol. The molecule has 1 N–H and O–H groups in total. The molecule has 0 radical (unpaired) electrons. The molecule has 0 saturated heterocycles. The molecule has 0 amide bonds. The Hall–Kier alpha value is -1.21. The molecule has 0 aliphatic heterocycles. The Labute approximate surface area is 87.3 Å². The minimum Gasteiger partial charge on any atom is -0.386 e. The highest BCUT2D eigenvalue weighted by atomic mass is 19.2. The van der Waals surface area contributed by atoms with Crippen LogP contribution in [0.4, 0.5) is 22.0 Å². The number of halogens is 5. The van der Waals surface area contributed by atoms with Gasteiger partial charge in [-0.3, -0.25) is 0 Å². The number of aliphatic hydroxyl groups is 1. The zero-order valence-electron chi connectivity index (χ0n) is 8.03. The molecule has 0 heterocycles. The summed E-state index contributed by atoms with van der Waals surface area (Å²) in [7, 11) is 1.11. The van der Waals surface area contributed by atoms with Crippen LogP contribution >= 0.6 is 0 Å². The molecule has 1 atom stereocenters. The molecule has 0 fully saturated rings. The third kappa shape index (κ3) is 2.00. The highest BCUT2D eigenvalue weighted by Gasteiger charge is 2.29. The second kappa shape index (κ2) is 4.75. The average molecular weight is 242 g/mol. The number of rotatable bonds is 3. The van der Waals surface area contributed by atoms with Crippen molar-refractivity contribution >= 4 is 0 Å². The van der Waals surface area contributed by atoms with Crippen molar-refractivity contribution in [2.75, 3.05) is 13.7 Å². The quantitative estimate of drug-likeness (QED) is 0.499. The van der Waals surface area contributed by atoms with Gasteiger partial charge < -0.3 is 9.84 Å². The molecule has 0 aliphatic rings. The Morgan fingerprint density at radius 2 is 1.31 bits per heavy atom. The molecule has 1 aromatic carbocycles. The minimum atomic E-state index is -2.26. The van der Waals surface area contributed by atoms with Crippen LogP contribution in [-0.2, 0) is 4.74 Å². The summed E-state index contributed by atoms with van der Waals surface area (Å²) in [5, 5.41) is 9.16. The standard InChI is InChI=1S/C9H7F5O2/c1-16-2-3(15)4-5(10)7(12)9(14)8(13)6(4)11/h3,15H,2H2,1H3. The first-order valence-electron chi connectivity index (χ1n) is 4.10. The molecule has 0 aromatic heterocycles. The maximum absolute atomic E-state index is 13.0. The van der Waals surface area contributed by atoms with E-state index in [0.29, 0.717) is 0 Å². The fraction of sp³-hybridized carbons (Fsp3) is 0.333. The van der Waals surface area contributed by atoms with Crippen LogP contribution in [0.25, 0.3) is 0 Å². The van der Waals surface area contributed by atoms with Gasteiger partial charge in [0.05, 0.1) is 12.2 Å². The van der Waals surface area contributed by atoms with E-state index in [9.17, 15) is 22.0 Å². The molecule has 1 aromatic rings. The van der Waals surface area contributed by atoms with Crippen molar-refractivity contribution in [3.05, 3.63) is 34.6 Å². The fourth-order valence-corrected chi connectivity index (χ4v) is 1.16. The molecule has 0 bridgehead atoms. The van der Waals surface area contributed by atoms with Crippen LogP contribution in [0.3, 0.4) is 0 Å². The lowest BCUT2D eigenvalue weighted by Gasteiger charge is -2.13. The average Bonchev–Trinajstić information content (AvgIpc) is 2.24. The first kappa shape index (κ1) is 12.9. The number of benzene rings is 1. The van der Waals surface area contributed by atoms with Crippen molar-refractivity contribution in [1.82, 2.24) is 0 Å². The van der Waals surface area contributed by atoms with Gasteiger partial charge in [0.25, 0.3) is 0 Å². The van der Waals surface area contributed by atoms with Crippen LogP contribution in [0, 0.1) is 29.1 Å². The summed E-state index contributed by atoms with van der Waals surface area (Å²) in [5.74, 6) is -10.6. The topological polar surface area (TPSA) is 29.5 Å². The molecule has 90 valence electrons. The molecule has 1 rings (SSSR count). The van der Waals surface area contributed by atoms with Gasteiger partial charge in [-0.25, -0.2) is 22.0 Å². The van der Waals surface area contributed by atoms with Crippen molar-refractivity contribution in [1.29, 1.82) is 0 Å². The molecule has 0 saturated carbocycles. The molecule has 0 aliphatic carbocycles. The largest absolute Gasteiger partial charge is 0.386 e. The number of ether oxygens (including phenoxy) is 1. The van der Waals surface area contributed by atoms with Crippen LogP contribution in [0.15, 0.2) is 0 Å². The van der Waals surface area contributed by atoms with Crippen LogP contribution < -0.4 is 0 Å². The zero-order valence-corrected chi connectivity index (χ0v) is 8.03. The van der Waals surface area contributed by atoms with Gasteiger partial charge in [0.1, 0.15) is 6.10 Å². The zero-order chi connectivity index (χ0) is 12.5. The fourth-order valence-electron chi connectivity index (χ4n) is 1.16. The van der Waals surface area contributed by atoms with E-state index in [1.165, 1.54) is 0 Å². The number of aliphatic hydroxyl groups excluding tert-OH is 1. The smallest absolute Gasteiger partial charge is 0.200 e. The summed E-state index contributed by atoms with van der Waals surface area (Å²) in [4.78, 5) is 0. The monoisotopic (exact) mass is 242 g/mol. The first-order chi connectivity index (χ1) is 7.41. The first-order valence-corrected chi connectivity index (χ1v) is 4.10. The van der Waals surface area contributed by atoms with Crippen LogP contribution in [-0.4, -0.2) is 18.8 Å². The number of hydrogen-bond donors (Lipinski definition) is 1. The SMILES string of the molecule is COCC(O)c1c(F)c(F)c(F)c(F)c1F. The van der Waals surface area contributed by atoms with E-state index in [4.69, 9.17) is 5.11 Å². The highest BCUT2D eigenvalue weighted by Crippen LogP contribution is 2.27. The van der Waals surface area contributed by atoms with E-state index < -0.39 is 47.4 Å². The molecule has 0 spiro atoms. The van der Waals surface area contributed by atoms with Gasteiger partial charge in [-0.1, -0.05) is 0 Å². The predicted molar refractivity (Wildman–Crippen MR) is 43.1 cm³/mol. The van der Waals surface area contributed by atoms with Gasteiger partial charge >= 0.3 is 0 Å².